The molecule has 76 valence electrons. The van der Waals surface area contributed by atoms with Gasteiger partial charge in [-0.1, -0.05) is 18.2 Å². The van der Waals surface area contributed by atoms with Gasteiger partial charge in [-0.3, -0.25) is 0 Å². The Balaban J connectivity index is 2.08. The molecule has 0 atom stereocenters. The van der Waals surface area contributed by atoms with Crippen molar-refractivity contribution in [1.29, 1.82) is 0 Å². The Morgan fingerprint density at radius 2 is 1.93 bits per heavy atom. The van der Waals surface area contributed by atoms with Crippen molar-refractivity contribution in [3.8, 4) is 5.75 Å². The van der Waals surface area contributed by atoms with Gasteiger partial charge in [0, 0.05) is 6.42 Å². The van der Waals surface area contributed by atoms with E-state index in [4.69, 9.17) is 10.5 Å². The van der Waals surface area contributed by atoms with Gasteiger partial charge < -0.3 is 15.2 Å². The molecule has 0 spiro atoms. The van der Waals surface area contributed by atoms with E-state index in [0.717, 1.165) is 5.75 Å². The van der Waals surface area contributed by atoms with E-state index in [9.17, 15) is 4.79 Å². The fourth-order valence-electron chi connectivity index (χ4n) is 0.938. The number of amides is 1. The molecular weight excluding hydrogens is 182 g/mol. The Morgan fingerprint density at radius 3 is 2.57 bits per heavy atom. The molecule has 0 bridgehead atoms. The highest BCUT2D eigenvalue weighted by Gasteiger charge is 1.94. The van der Waals surface area contributed by atoms with Crippen LogP contribution in [0, 0.1) is 0 Å². The van der Waals surface area contributed by atoms with Crippen LogP contribution in [0.1, 0.15) is 6.42 Å². The van der Waals surface area contributed by atoms with Crippen LogP contribution < -0.4 is 10.5 Å². The van der Waals surface area contributed by atoms with Gasteiger partial charge in [0.15, 0.2) is 0 Å². The topological polar surface area (TPSA) is 61.6 Å². The van der Waals surface area contributed by atoms with Crippen molar-refractivity contribution in [3.05, 3.63) is 30.3 Å². The zero-order chi connectivity index (χ0) is 10.2. The van der Waals surface area contributed by atoms with Gasteiger partial charge >= 0.3 is 6.09 Å². The maximum absolute atomic E-state index is 10.2. The van der Waals surface area contributed by atoms with Crippen LogP contribution in [0.2, 0.25) is 0 Å². The first-order chi connectivity index (χ1) is 6.79. The fraction of sp³-hybridized carbons (Fsp3) is 0.300. The monoisotopic (exact) mass is 195 g/mol. The van der Waals surface area contributed by atoms with Crippen molar-refractivity contribution in [3.63, 3.8) is 0 Å². The lowest BCUT2D eigenvalue weighted by Crippen LogP contribution is -2.15. The number of hydrogen-bond acceptors (Lipinski definition) is 3. The van der Waals surface area contributed by atoms with Crippen molar-refractivity contribution in [2.75, 3.05) is 13.2 Å². The minimum atomic E-state index is -0.746. The second-order valence-electron chi connectivity index (χ2n) is 2.68. The fourth-order valence-corrected chi connectivity index (χ4v) is 0.938. The summed E-state index contributed by atoms with van der Waals surface area (Å²) in [6.07, 6.45) is -0.109. The predicted octanol–water partition coefficient (Wildman–Crippen LogP) is 1.55. The second-order valence-corrected chi connectivity index (χ2v) is 2.68. The van der Waals surface area contributed by atoms with Crippen LogP contribution in [-0.2, 0) is 4.74 Å². The molecule has 0 saturated heterocycles. The summed E-state index contributed by atoms with van der Waals surface area (Å²) in [5, 5.41) is 0. The molecule has 0 aromatic heterocycles. The molecular formula is C10H13NO3. The van der Waals surface area contributed by atoms with Crippen LogP contribution in [-0.4, -0.2) is 19.3 Å². The highest BCUT2D eigenvalue weighted by Crippen LogP contribution is 2.08. The number of rotatable bonds is 5. The van der Waals surface area contributed by atoms with Gasteiger partial charge in [0.05, 0.1) is 13.2 Å². The molecule has 4 heteroatoms. The molecule has 14 heavy (non-hydrogen) atoms. The Morgan fingerprint density at radius 1 is 1.21 bits per heavy atom. The summed E-state index contributed by atoms with van der Waals surface area (Å²) in [5.41, 5.74) is 4.78. The van der Waals surface area contributed by atoms with Crippen molar-refractivity contribution in [2.24, 2.45) is 5.73 Å². The van der Waals surface area contributed by atoms with Crippen LogP contribution in [0.5, 0.6) is 5.75 Å². The van der Waals surface area contributed by atoms with Crippen LogP contribution in [0.4, 0.5) is 4.79 Å². The van der Waals surface area contributed by atoms with Crippen molar-refractivity contribution in [1.82, 2.24) is 0 Å². The molecule has 0 radical (unpaired) electrons. The second kappa shape index (κ2) is 5.85. The average Bonchev–Trinajstić information content (AvgIpc) is 2.18. The largest absolute Gasteiger partial charge is 0.493 e. The molecule has 0 heterocycles. The summed E-state index contributed by atoms with van der Waals surface area (Å²) < 4.78 is 9.89. The van der Waals surface area contributed by atoms with Gasteiger partial charge in [-0.15, -0.1) is 0 Å². The Hall–Kier alpha value is -1.71. The molecule has 1 rings (SSSR count). The smallest absolute Gasteiger partial charge is 0.404 e. The summed E-state index contributed by atoms with van der Waals surface area (Å²) >= 11 is 0. The number of nitrogens with two attached hydrogens (primary N) is 1. The van der Waals surface area contributed by atoms with E-state index in [2.05, 4.69) is 4.74 Å². The normalized spacial score (nSPS) is 9.43. The number of carbonyl (C=O) groups is 1. The first kappa shape index (κ1) is 10.4. The lowest BCUT2D eigenvalue weighted by atomic mass is 10.3. The lowest BCUT2D eigenvalue weighted by Gasteiger charge is -2.05. The van der Waals surface area contributed by atoms with E-state index in [1.165, 1.54) is 0 Å². The maximum Gasteiger partial charge on any atom is 0.404 e. The summed E-state index contributed by atoms with van der Waals surface area (Å²) in [5.74, 6) is 0.812. The zero-order valence-electron chi connectivity index (χ0n) is 7.81. The van der Waals surface area contributed by atoms with Gasteiger partial charge in [-0.2, -0.15) is 0 Å². The van der Waals surface area contributed by atoms with Crippen molar-refractivity contribution < 1.29 is 14.3 Å². The molecule has 0 aliphatic carbocycles. The molecule has 0 fully saturated rings. The molecule has 0 saturated carbocycles. The average molecular weight is 195 g/mol. The van der Waals surface area contributed by atoms with Gasteiger partial charge in [0.25, 0.3) is 0 Å². The number of para-hydroxylation sites is 1. The standard InChI is InChI=1S/C10H13NO3/c11-10(12)14-8-4-7-13-9-5-2-1-3-6-9/h1-3,5-6H,4,7-8H2,(H2,11,12). The minimum Gasteiger partial charge on any atom is -0.493 e. The van der Waals surface area contributed by atoms with Gasteiger partial charge in [-0.25, -0.2) is 4.79 Å². The third kappa shape index (κ3) is 4.35. The first-order valence-corrected chi connectivity index (χ1v) is 4.39. The zero-order valence-corrected chi connectivity index (χ0v) is 7.81. The predicted molar refractivity (Wildman–Crippen MR) is 52.1 cm³/mol. The quantitative estimate of drug-likeness (QED) is 0.725. The van der Waals surface area contributed by atoms with E-state index >= 15 is 0 Å². The van der Waals surface area contributed by atoms with E-state index in [1.807, 2.05) is 30.3 Å². The van der Waals surface area contributed by atoms with Crippen LogP contribution >= 0.6 is 0 Å². The molecule has 0 aliphatic heterocycles. The Labute approximate surface area is 82.6 Å². The Bertz CT molecular complexity index is 274. The Kier molecular flexibility index (Phi) is 4.34. The van der Waals surface area contributed by atoms with E-state index in [-0.39, 0.29) is 0 Å². The molecule has 1 aromatic rings. The van der Waals surface area contributed by atoms with Crippen LogP contribution in [0.3, 0.4) is 0 Å². The maximum atomic E-state index is 10.2. The lowest BCUT2D eigenvalue weighted by molar-refractivity contribution is 0.147. The van der Waals surface area contributed by atoms with Gasteiger partial charge in [-0.05, 0) is 12.1 Å². The first-order valence-electron chi connectivity index (χ1n) is 4.39. The molecule has 2 N–H and O–H groups in total. The molecule has 0 unspecified atom stereocenters. The van der Waals surface area contributed by atoms with E-state index in [1.54, 1.807) is 0 Å². The summed E-state index contributed by atoms with van der Waals surface area (Å²) in [6, 6.07) is 9.46. The highest BCUT2D eigenvalue weighted by molar-refractivity contribution is 5.64. The third-order valence-corrected chi connectivity index (χ3v) is 1.54. The van der Waals surface area contributed by atoms with Gasteiger partial charge in [0.2, 0.25) is 0 Å². The SMILES string of the molecule is NC(=O)OCCCOc1ccccc1. The summed E-state index contributed by atoms with van der Waals surface area (Å²) in [6.45, 7) is 0.805. The van der Waals surface area contributed by atoms with Crippen LogP contribution in [0.15, 0.2) is 30.3 Å². The molecule has 0 aliphatic rings. The number of carbonyl (C=O) groups excluding carboxylic acids is 1. The molecule has 1 aromatic carbocycles. The number of ether oxygens (including phenoxy) is 2. The van der Waals surface area contributed by atoms with E-state index in [0.29, 0.717) is 19.6 Å². The third-order valence-electron chi connectivity index (χ3n) is 1.54. The number of benzene rings is 1. The van der Waals surface area contributed by atoms with Crippen LogP contribution in [0.25, 0.3) is 0 Å². The summed E-state index contributed by atoms with van der Waals surface area (Å²) in [4.78, 5) is 10.2. The minimum absolute atomic E-state index is 0.294. The highest BCUT2D eigenvalue weighted by atomic mass is 16.5. The van der Waals surface area contributed by atoms with Crippen molar-refractivity contribution in [2.45, 2.75) is 6.42 Å². The molecule has 1 amide bonds. The number of primary amides is 1. The number of hydrogen-bond donors (Lipinski definition) is 1. The van der Waals surface area contributed by atoms with Crippen molar-refractivity contribution >= 4 is 6.09 Å². The summed E-state index contributed by atoms with van der Waals surface area (Å²) in [7, 11) is 0. The van der Waals surface area contributed by atoms with E-state index < -0.39 is 6.09 Å². The molecule has 4 nitrogen and oxygen atoms in total. The van der Waals surface area contributed by atoms with Gasteiger partial charge in [0.1, 0.15) is 5.75 Å².